The van der Waals surface area contributed by atoms with Crippen molar-refractivity contribution in [1.29, 1.82) is 0 Å². The largest absolute Gasteiger partial charge is 0.376 e. The summed E-state index contributed by atoms with van der Waals surface area (Å²) in [6.45, 7) is 0.947. The summed E-state index contributed by atoms with van der Waals surface area (Å²) in [5.74, 6) is 0.736. The van der Waals surface area contributed by atoms with E-state index in [4.69, 9.17) is 10.5 Å². The van der Waals surface area contributed by atoms with Gasteiger partial charge in [0, 0.05) is 18.6 Å². The van der Waals surface area contributed by atoms with Gasteiger partial charge in [0.05, 0.1) is 6.10 Å². The number of hydrogen-bond acceptors (Lipinski definition) is 2. The first kappa shape index (κ1) is 3.87. The van der Waals surface area contributed by atoms with Gasteiger partial charge in [0.25, 0.3) is 0 Å². The molecule has 0 spiro atoms. The summed E-state index contributed by atoms with van der Waals surface area (Å²) in [6.07, 6.45) is 1.66. The summed E-state index contributed by atoms with van der Waals surface area (Å²) in [5.41, 5.74) is 5.55. The van der Waals surface area contributed by atoms with Crippen molar-refractivity contribution in [1.82, 2.24) is 0 Å². The summed E-state index contributed by atoms with van der Waals surface area (Å²) >= 11 is 0. The summed E-state index contributed by atoms with van der Waals surface area (Å²) in [6, 6.07) is 0.397. The van der Waals surface area contributed by atoms with Gasteiger partial charge in [0.15, 0.2) is 0 Å². The highest BCUT2D eigenvalue weighted by Crippen LogP contribution is 2.40. The van der Waals surface area contributed by atoms with E-state index in [1.807, 2.05) is 0 Å². The van der Waals surface area contributed by atoms with Crippen molar-refractivity contribution < 1.29 is 4.74 Å². The minimum absolute atomic E-state index is 0.397. The third-order valence-corrected chi connectivity index (χ3v) is 1.92. The van der Waals surface area contributed by atoms with Gasteiger partial charge in [0.2, 0.25) is 0 Å². The molecule has 1 heterocycles. The molecule has 0 aromatic carbocycles. The van der Waals surface area contributed by atoms with Gasteiger partial charge in [-0.3, -0.25) is 0 Å². The highest BCUT2D eigenvalue weighted by molar-refractivity contribution is 5.05. The Bertz CT molecular complexity index is 84.1. The van der Waals surface area contributed by atoms with E-state index in [0.717, 1.165) is 12.5 Å². The van der Waals surface area contributed by atoms with Gasteiger partial charge in [-0.1, -0.05) is 0 Å². The van der Waals surface area contributed by atoms with Gasteiger partial charge in [-0.2, -0.15) is 0 Å². The van der Waals surface area contributed by atoms with Crippen LogP contribution in [0.2, 0.25) is 0 Å². The normalized spacial score (nSPS) is 57.0. The van der Waals surface area contributed by atoms with E-state index in [1.54, 1.807) is 0 Å². The molecule has 0 aromatic heterocycles. The van der Waals surface area contributed by atoms with Crippen LogP contribution in [0.25, 0.3) is 0 Å². The number of hydrogen-bond donors (Lipinski definition) is 1. The van der Waals surface area contributed by atoms with Crippen molar-refractivity contribution in [2.45, 2.75) is 18.6 Å². The van der Waals surface area contributed by atoms with Crippen molar-refractivity contribution in [3.05, 3.63) is 0 Å². The van der Waals surface area contributed by atoms with E-state index in [-0.39, 0.29) is 0 Å². The fourth-order valence-electron chi connectivity index (χ4n) is 1.30. The Morgan fingerprint density at radius 3 is 2.71 bits per heavy atom. The molecule has 2 rings (SSSR count). The Balaban J connectivity index is 2.06. The first-order valence-electron chi connectivity index (χ1n) is 2.77. The Hall–Kier alpha value is -0.0800. The summed E-state index contributed by atoms with van der Waals surface area (Å²) in [5, 5.41) is 0. The van der Waals surface area contributed by atoms with Crippen LogP contribution in [-0.4, -0.2) is 18.8 Å². The van der Waals surface area contributed by atoms with Gasteiger partial charge in [-0.15, -0.1) is 0 Å². The van der Waals surface area contributed by atoms with Gasteiger partial charge in [0.1, 0.15) is 0 Å². The van der Waals surface area contributed by atoms with Gasteiger partial charge >= 0.3 is 0 Å². The second kappa shape index (κ2) is 1.01. The van der Waals surface area contributed by atoms with E-state index >= 15 is 0 Å². The van der Waals surface area contributed by atoms with Crippen LogP contribution in [-0.2, 0) is 4.74 Å². The predicted octanol–water partition coefficient (Wildman–Crippen LogP) is -0.268. The second-order valence-electron chi connectivity index (χ2n) is 2.37. The zero-order valence-corrected chi connectivity index (χ0v) is 4.13. The lowest BCUT2D eigenvalue weighted by Gasteiger charge is -1.93. The molecule has 0 radical (unpaired) electrons. The van der Waals surface area contributed by atoms with E-state index < -0.39 is 0 Å². The molecule has 2 aliphatic rings. The van der Waals surface area contributed by atoms with E-state index in [9.17, 15) is 0 Å². The first-order chi connectivity index (χ1) is 3.39. The molecular weight excluding hydrogens is 90.1 g/mol. The topological polar surface area (TPSA) is 35.2 Å². The lowest BCUT2D eigenvalue weighted by molar-refractivity contribution is 0.150. The fourth-order valence-corrected chi connectivity index (χ4v) is 1.30. The van der Waals surface area contributed by atoms with Crippen LogP contribution in [0.3, 0.4) is 0 Å². The number of nitrogens with two attached hydrogens (primary N) is 1. The van der Waals surface area contributed by atoms with Crippen LogP contribution in [0.4, 0.5) is 0 Å². The van der Waals surface area contributed by atoms with E-state index in [2.05, 4.69) is 0 Å². The highest BCUT2D eigenvalue weighted by atomic mass is 16.5. The van der Waals surface area contributed by atoms with Crippen molar-refractivity contribution in [3.63, 3.8) is 0 Å². The molecule has 0 aromatic rings. The maximum atomic E-state index is 5.55. The molecule has 0 unspecified atom stereocenters. The average Bonchev–Trinajstić information content (AvgIpc) is 2.26. The zero-order valence-electron chi connectivity index (χ0n) is 4.13. The van der Waals surface area contributed by atoms with Crippen molar-refractivity contribution in [3.8, 4) is 0 Å². The molecule has 1 aliphatic heterocycles. The Kier molecular flexibility index (Phi) is 0.557. The minimum Gasteiger partial charge on any atom is -0.376 e. The quantitative estimate of drug-likeness (QED) is 0.454. The molecule has 1 aliphatic carbocycles. The maximum absolute atomic E-state index is 5.55. The van der Waals surface area contributed by atoms with Crippen LogP contribution in [0, 0.1) is 5.92 Å². The average molecular weight is 99.1 g/mol. The first-order valence-corrected chi connectivity index (χ1v) is 2.77. The lowest BCUT2D eigenvalue weighted by Crippen LogP contribution is -2.10. The number of rotatable bonds is 0. The predicted molar refractivity (Wildman–Crippen MR) is 25.8 cm³/mol. The lowest BCUT2D eigenvalue weighted by atomic mass is 10.3. The van der Waals surface area contributed by atoms with E-state index in [0.29, 0.717) is 12.1 Å². The second-order valence-corrected chi connectivity index (χ2v) is 2.37. The van der Waals surface area contributed by atoms with E-state index in [1.165, 1.54) is 6.42 Å². The molecule has 0 bridgehead atoms. The molecule has 40 valence electrons. The Morgan fingerprint density at radius 1 is 1.57 bits per heavy atom. The Labute approximate surface area is 42.6 Å². The van der Waals surface area contributed by atoms with Crippen LogP contribution in [0.5, 0.6) is 0 Å². The minimum atomic E-state index is 0.397. The molecule has 0 amide bonds. The molecular formula is C5H9NO. The SMILES string of the molecule is N[C@H]1[C@@H]2CCO[C@H]12. The third-order valence-electron chi connectivity index (χ3n) is 1.92. The van der Waals surface area contributed by atoms with Crippen molar-refractivity contribution in [2.75, 3.05) is 6.61 Å². The third kappa shape index (κ3) is 0.359. The molecule has 1 saturated carbocycles. The van der Waals surface area contributed by atoms with Gasteiger partial charge < -0.3 is 10.5 Å². The van der Waals surface area contributed by atoms with Crippen molar-refractivity contribution in [2.24, 2.45) is 11.7 Å². The smallest absolute Gasteiger partial charge is 0.0774 e. The standard InChI is InChI=1S/C5H9NO/c6-4-3-1-2-7-5(3)4/h3-5H,1-2,6H2/t3-,4-,5-/m0/s1. The van der Waals surface area contributed by atoms with Crippen molar-refractivity contribution >= 4 is 0 Å². The van der Waals surface area contributed by atoms with Crippen LogP contribution in [0.1, 0.15) is 6.42 Å². The molecule has 2 fully saturated rings. The Morgan fingerprint density at radius 2 is 2.43 bits per heavy atom. The highest BCUT2D eigenvalue weighted by Gasteiger charge is 2.52. The molecule has 7 heavy (non-hydrogen) atoms. The zero-order chi connectivity index (χ0) is 4.85. The summed E-state index contributed by atoms with van der Waals surface area (Å²) in [4.78, 5) is 0. The summed E-state index contributed by atoms with van der Waals surface area (Å²) in [7, 11) is 0. The fraction of sp³-hybridized carbons (Fsp3) is 1.00. The van der Waals surface area contributed by atoms with Gasteiger partial charge in [-0.25, -0.2) is 0 Å². The van der Waals surface area contributed by atoms with Crippen LogP contribution < -0.4 is 5.73 Å². The maximum Gasteiger partial charge on any atom is 0.0774 e. The molecule has 3 atom stereocenters. The molecule has 2 N–H and O–H groups in total. The van der Waals surface area contributed by atoms with Crippen LogP contribution >= 0.6 is 0 Å². The summed E-state index contributed by atoms with van der Waals surface area (Å²) < 4.78 is 5.21. The molecule has 2 nitrogen and oxygen atoms in total. The number of ether oxygens (including phenoxy) is 1. The monoisotopic (exact) mass is 99.1 g/mol. The number of fused-ring (bicyclic) bond motifs is 1. The van der Waals surface area contributed by atoms with Crippen LogP contribution in [0.15, 0.2) is 0 Å². The van der Waals surface area contributed by atoms with Gasteiger partial charge in [-0.05, 0) is 6.42 Å². The molecule has 1 saturated heterocycles. The molecule has 2 heteroatoms.